The molecule has 0 heterocycles. The maximum absolute atomic E-state index is 14.5. The largest absolute Gasteiger partial charge is 0.393 e. The lowest BCUT2D eigenvalue weighted by Crippen LogP contribution is -2.65. The zero-order valence-electron chi connectivity index (χ0n) is 27.0. The van der Waals surface area contributed by atoms with Crippen LogP contribution in [0.1, 0.15) is 117 Å². The molecule has 0 unspecified atom stereocenters. The molecular formula is C38H54O3. The number of allylic oxidation sites excluding steroid dienone is 2. The summed E-state index contributed by atoms with van der Waals surface area (Å²) in [5.41, 5.74) is 4.30. The number of hydrogen-bond donors (Lipinski definition) is 1. The van der Waals surface area contributed by atoms with E-state index in [0.717, 1.165) is 43.2 Å². The summed E-state index contributed by atoms with van der Waals surface area (Å²) in [5.74, 6) is 2.10. The van der Waals surface area contributed by atoms with Crippen molar-refractivity contribution in [1.82, 2.24) is 0 Å². The fourth-order valence-electron chi connectivity index (χ4n) is 12.1. The highest BCUT2D eigenvalue weighted by atomic mass is 16.3. The Hall–Kier alpha value is -1.74. The van der Waals surface area contributed by atoms with E-state index in [0.29, 0.717) is 30.6 Å². The number of aryl methyl sites for hydroxylation is 1. The van der Waals surface area contributed by atoms with Gasteiger partial charge in [-0.15, -0.1) is 0 Å². The Morgan fingerprint density at radius 2 is 1.66 bits per heavy atom. The first-order valence-electron chi connectivity index (χ1n) is 16.7. The van der Waals surface area contributed by atoms with Crippen LogP contribution < -0.4 is 0 Å². The summed E-state index contributed by atoms with van der Waals surface area (Å²) >= 11 is 0. The van der Waals surface area contributed by atoms with Crippen LogP contribution in [0, 0.1) is 57.7 Å². The minimum atomic E-state index is -0.619. The molecule has 3 heteroatoms. The van der Waals surface area contributed by atoms with Gasteiger partial charge in [0.2, 0.25) is 0 Å². The highest BCUT2D eigenvalue weighted by Gasteiger charge is 2.70. The third-order valence-corrected chi connectivity index (χ3v) is 14.4. The number of carbonyl (C=O) groups is 2. The van der Waals surface area contributed by atoms with Crippen molar-refractivity contribution in [3.8, 4) is 0 Å². The fraction of sp³-hybridized carbons (Fsp3) is 0.737. The summed E-state index contributed by atoms with van der Waals surface area (Å²) in [7, 11) is 0. The topological polar surface area (TPSA) is 54.4 Å². The van der Waals surface area contributed by atoms with Crippen LogP contribution in [0.5, 0.6) is 0 Å². The van der Waals surface area contributed by atoms with Gasteiger partial charge in [0.15, 0.2) is 5.78 Å². The molecule has 5 aliphatic rings. The van der Waals surface area contributed by atoms with Crippen molar-refractivity contribution in [3.05, 3.63) is 46.5 Å². The van der Waals surface area contributed by atoms with Gasteiger partial charge in [-0.3, -0.25) is 9.59 Å². The van der Waals surface area contributed by atoms with Gasteiger partial charge in [-0.1, -0.05) is 78.3 Å². The predicted octanol–water partition coefficient (Wildman–Crippen LogP) is 8.45. The van der Waals surface area contributed by atoms with Crippen molar-refractivity contribution in [1.29, 1.82) is 0 Å². The summed E-state index contributed by atoms with van der Waals surface area (Å²) in [5, 5.41) is 11.0. The minimum absolute atomic E-state index is 0.0543. The molecule has 0 amide bonds. The van der Waals surface area contributed by atoms with Crippen molar-refractivity contribution in [3.63, 3.8) is 0 Å². The lowest BCUT2D eigenvalue weighted by atomic mass is 9.33. The molecule has 0 radical (unpaired) electrons. The Morgan fingerprint density at radius 3 is 2.34 bits per heavy atom. The van der Waals surface area contributed by atoms with Crippen LogP contribution in [0.3, 0.4) is 0 Å². The lowest BCUT2D eigenvalue weighted by molar-refractivity contribution is -0.228. The highest BCUT2D eigenvalue weighted by molar-refractivity contribution is 6.07. The average Bonchev–Trinajstić information content (AvgIpc) is 3.20. The monoisotopic (exact) mass is 558 g/mol. The second kappa shape index (κ2) is 9.38. The molecule has 1 aromatic carbocycles. The third-order valence-electron chi connectivity index (χ3n) is 14.4. The molecule has 4 fully saturated rings. The SMILES string of the molecule is Cc1cccc(CC(=O)[C@@]23CC[C@]4(C)[C@H](CC[C@@H]5[C@@]6(C)CC[C@H](O)C(C)(C)[C@@H]6CC[C@]54C)C2=C(C(C)C)C(=O)C3)c1. The molecular weight excluding hydrogens is 504 g/mol. The van der Waals surface area contributed by atoms with Gasteiger partial charge < -0.3 is 5.11 Å². The number of fused-ring (bicyclic) bond motifs is 7. The van der Waals surface area contributed by atoms with E-state index in [9.17, 15) is 14.7 Å². The van der Waals surface area contributed by atoms with E-state index in [-0.39, 0.29) is 45.2 Å². The second-order valence-electron chi connectivity index (χ2n) is 16.7. The molecule has 0 bridgehead atoms. The van der Waals surface area contributed by atoms with Gasteiger partial charge in [0.1, 0.15) is 5.78 Å². The summed E-state index contributed by atoms with van der Waals surface area (Å²) in [6.07, 6.45) is 9.06. The lowest BCUT2D eigenvalue weighted by Gasteiger charge is -2.72. The maximum atomic E-state index is 14.5. The van der Waals surface area contributed by atoms with E-state index < -0.39 is 5.41 Å². The van der Waals surface area contributed by atoms with Gasteiger partial charge in [-0.2, -0.15) is 0 Å². The molecule has 1 N–H and O–H groups in total. The van der Waals surface area contributed by atoms with Crippen LogP contribution in [0.25, 0.3) is 0 Å². The van der Waals surface area contributed by atoms with Gasteiger partial charge in [-0.25, -0.2) is 0 Å². The zero-order valence-corrected chi connectivity index (χ0v) is 27.0. The van der Waals surface area contributed by atoms with E-state index in [2.05, 4.69) is 73.6 Å². The van der Waals surface area contributed by atoms with Crippen LogP contribution in [0.15, 0.2) is 35.4 Å². The Bertz CT molecular complexity index is 1300. The Balaban J connectivity index is 1.42. The van der Waals surface area contributed by atoms with E-state index in [4.69, 9.17) is 0 Å². The van der Waals surface area contributed by atoms with Gasteiger partial charge in [0.25, 0.3) is 0 Å². The van der Waals surface area contributed by atoms with E-state index in [1.165, 1.54) is 30.4 Å². The summed E-state index contributed by atoms with van der Waals surface area (Å²) in [6.45, 7) is 18.8. The van der Waals surface area contributed by atoms with Crippen LogP contribution in [-0.4, -0.2) is 22.8 Å². The van der Waals surface area contributed by atoms with Crippen molar-refractivity contribution in [2.45, 2.75) is 126 Å². The molecule has 41 heavy (non-hydrogen) atoms. The van der Waals surface area contributed by atoms with Gasteiger partial charge in [-0.05, 0) is 120 Å². The number of ketones is 2. The first kappa shape index (κ1) is 29.3. The van der Waals surface area contributed by atoms with Crippen molar-refractivity contribution in [2.24, 2.45) is 50.7 Å². The number of hydrogen-bond acceptors (Lipinski definition) is 3. The average molecular weight is 559 g/mol. The van der Waals surface area contributed by atoms with Gasteiger partial charge in [0.05, 0.1) is 11.5 Å². The Morgan fingerprint density at radius 1 is 0.927 bits per heavy atom. The molecule has 8 atom stereocenters. The Labute approximate surface area is 249 Å². The van der Waals surface area contributed by atoms with E-state index in [1.807, 2.05) is 6.07 Å². The molecule has 0 aliphatic heterocycles. The standard InChI is InChI=1S/C38H54O3/c1-23(2)32-27(39)22-38(31(41)21-25-11-9-10-24(3)20-25)19-18-36(7)26(33(32)38)12-13-29-35(6)16-15-30(40)34(4,5)28(35)14-17-37(29,36)8/h9-11,20,23,26,28-30,40H,12-19,21-22H2,1-8H3/t26-,28+,29-,30+,35+,36-,37-,38+/m1/s1. The minimum Gasteiger partial charge on any atom is -0.393 e. The Kier molecular flexibility index (Phi) is 6.71. The molecule has 224 valence electrons. The quantitative estimate of drug-likeness (QED) is 0.403. The zero-order chi connectivity index (χ0) is 29.8. The van der Waals surface area contributed by atoms with Crippen LogP contribution in [0.4, 0.5) is 0 Å². The summed E-state index contributed by atoms with van der Waals surface area (Å²) < 4.78 is 0. The molecule has 4 saturated carbocycles. The summed E-state index contributed by atoms with van der Waals surface area (Å²) in [6, 6.07) is 8.35. The van der Waals surface area contributed by atoms with Crippen molar-refractivity contribution < 1.29 is 14.7 Å². The van der Waals surface area contributed by atoms with Crippen molar-refractivity contribution in [2.75, 3.05) is 0 Å². The van der Waals surface area contributed by atoms with E-state index in [1.54, 1.807) is 0 Å². The number of rotatable bonds is 4. The first-order valence-corrected chi connectivity index (χ1v) is 16.7. The fourth-order valence-corrected chi connectivity index (χ4v) is 12.1. The normalized spacial score (nSPS) is 43.3. The molecule has 3 nitrogen and oxygen atoms in total. The maximum Gasteiger partial charge on any atom is 0.160 e. The second-order valence-corrected chi connectivity index (χ2v) is 16.7. The highest BCUT2D eigenvalue weighted by Crippen LogP contribution is 2.76. The van der Waals surface area contributed by atoms with Crippen LogP contribution >= 0.6 is 0 Å². The number of aliphatic hydroxyl groups is 1. The summed E-state index contributed by atoms with van der Waals surface area (Å²) in [4.78, 5) is 28.3. The molecule has 0 aromatic heterocycles. The molecule has 1 aromatic rings. The molecule has 6 rings (SSSR count). The molecule has 0 spiro atoms. The molecule has 5 aliphatic carbocycles. The third kappa shape index (κ3) is 3.85. The van der Waals surface area contributed by atoms with E-state index >= 15 is 0 Å². The van der Waals surface area contributed by atoms with Gasteiger partial charge >= 0.3 is 0 Å². The molecule has 0 saturated heterocycles. The predicted molar refractivity (Wildman–Crippen MR) is 165 cm³/mol. The van der Waals surface area contributed by atoms with Crippen LogP contribution in [-0.2, 0) is 16.0 Å². The smallest absolute Gasteiger partial charge is 0.160 e. The number of benzene rings is 1. The number of carbonyl (C=O) groups excluding carboxylic acids is 2. The first-order chi connectivity index (χ1) is 19.1. The van der Waals surface area contributed by atoms with Crippen LogP contribution in [0.2, 0.25) is 0 Å². The van der Waals surface area contributed by atoms with Crippen molar-refractivity contribution >= 4 is 11.6 Å². The number of Topliss-reactive ketones (excluding diaryl/α,β-unsaturated/α-hetero) is 2. The number of aliphatic hydroxyl groups excluding tert-OH is 1. The van der Waals surface area contributed by atoms with Gasteiger partial charge in [0, 0.05) is 12.8 Å².